The minimum atomic E-state index is -0.731. The fourth-order valence-corrected chi connectivity index (χ4v) is 1.39. The Morgan fingerprint density at radius 1 is 1.53 bits per heavy atom. The van der Waals surface area contributed by atoms with E-state index in [1.165, 1.54) is 12.1 Å². The zero-order chi connectivity index (χ0) is 10.7. The number of halogens is 3. The smallest absolute Gasteiger partial charge is 0.129 e. The van der Waals surface area contributed by atoms with Crippen LogP contribution in [0.4, 0.5) is 4.39 Å². The summed E-state index contributed by atoms with van der Waals surface area (Å²) in [7, 11) is 0. The average Bonchev–Trinajstić information content (AvgIpc) is 2.15. The highest BCUT2D eigenvalue weighted by Crippen LogP contribution is 2.22. The normalized spacial score (nSPS) is 14.2. The number of hydrogen-bond donors (Lipinski definition) is 2. The molecule has 0 heterocycles. The highest BCUT2D eigenvalue weighted by molar-refractivity contribution is 6.30. The largest absolute Gasteiger partial charge is 0.391 e. The van der Waals surface area contributed by atoms with E-state index in [2.05, 4.69) is 0 Å². The van der Waals surface area contributed by atoms with Crippen LogP contribution in [0, 0.1) is 5.82 Å². The molecule has 0 saturated carbocycles. The predicted octanol–water partition coefficient (Wildman–Crippen LogP) is 2.67. The van der Waals surface area contributed by atoms with Gasteiger partial charge in [-0.15, -0.1) is 12.4 Å². The number of aliphatic hydroxyl groups excluding tert-OH is 1. The van der Waals surface area contributed by atoms with Crippen molar-refractivity contribution in [2.24, 2.45) is 5.73 Å². The molecule has 2 atom stereocenters. The van der Waals surface area contributed by atoms with Crippen LogP contribution in [0.15, 0.2) is 18.2 Å². The van der Waals surface area contributed by atoms with Crippen molar-refractivity contribution < 1.29 is 9.50 Å². The van der Waals surface area contributed by atoms with E-state index in [0.717, 1.165) is 0 Å². The molecular weight excluding hydrogens is 240 g/mol. The molecule has 0 saturated heterocycles. The number of hydrogen-bond acceptors (Lipinski definition) is 2. The van der Waals surface area contributed by atoms with Crippen molar-refractivity contribution in [3.05, 3.63) is 34.6 Å². The van der Waals surface area contributed by atoms with Gasteiger partial charge in [0.05, 0.1) is 12.1 Å². The number of aliphatic hydroxyl groups is 1. The highest BCUT2D eigenvalue weighted by Gasteiger charge is 2.18. The summed E-state index contributed by atoms with van der Waals surface area (Å²) in [6.07, 6.45) is -0.242. The first-order valence-corrected chi connectivity index (χ1v) is 4.82. The van der Waals surface area contributed by atoms with Crippen LogP contribution in [0.5, 0.6) is 0 Å². The van der Waals surface area contributed by atoms with Gasteiger partial charge in [-0.25, -0.2) is 4.39 Å². The molecule has 0 aliphatic carbocycles. The second-order valence-electron chi connectivity index (χ2n) is 3.17. The van der Waals surface area contributed by atoms with E-state index < -0.39 is 18.0 Å². The van der Waals surface area contributed by atoms with Gasteiger partial charge in [0.15, 0.2) is 0 Å². The zero-order valence-corrected chi connectivity index (χ0v) is 9.86. The lowest BCUT2D eigenvalue weighted by Crippen LogP contribution is -2.26. The summed E-state index contributed by atoms with van der Waals surface area (Å²) in [5.74, 6) is -0.475. The average molecular weight is 254 g/mol. The maximum absolute atomic E-state index is 13.3. The molecule has 0 amide bonds. The maximum Gasteiger partial charge on any atom is 0.129 e. The fraction of sp³-hybridized carbons (Fsp3) is 0.400. The summed E-state index contributed by atoms with van der Waals surface area (Å²) < 4.78 is 13.3. The van der Waals surface area contributed by atoms with E-state index in [1.54, 1.807) is 13.0 Å². The van der Waals surface area contributed by atoms with Crippen LogP contribution in [-0.2, 0) is 0 Å². The van der Waals surface area contributed by atoms with Gasteiger partial charge in [-0.3, -0.25) is 0 Å². The van der Waals surface area contributed by atoms with Gasteiger partial charge in [-0.1, -0.05) is 24.6 Å². The molecule has 0 unspecified atom stereocenters. The third kappa shape index (κ3) is 3.61. The van der Waals surface area contributed by atoms with Crippen molar-refractivity contribution in [2.75, 3.05) is 0 Å². The zero-order valence-electron chi connectivity index (χ0n) is 8.28. The summed E-state index contributed by atoms with van der Waals surface area (Å²) in [4.78, 5) is 0. The summed E-state index contributed by atoms with van der Waals surface area (Å²) in [5.41, 5.74) is 5.96. The van der Waals surface area contributed by atoms with Crippen molar-refractivity contribution in [1.29, 1.82) is 0 Å². The number of nitrogens with two attached hydrogens (primary N) is 1. The standard InChI is InChI=1S/C10H13ClFNO.ClH/c1-2-9(14)10(13)7-4-3-6(11)5-8(7)12;/h3-5,9-10,14H,2,13H2,1H3;1H/t9-,10+;/m0./s1. The van der Waals surface area contributed by atoms with Gasteiger partial charge in [0.25, 0.3) is 0 Å². The molecule has 0 bridgehead atoms. The van der Waals surface area contributed by atoms with Crippen LogP contribution in [0.2, 0.25) is 5.02 Å². The van der Waals surface area contributed by atoms with E-state index in [9.17, 15) is 9.50 Å². The molecule has 0 radical (unpaired) electrons. The molecule has 2 nitrogen and oxygen atoms in total. The molecule has 0 aromatic heterocycles. The number of benzene rings is 1. The first-order valence-electron chi connectivity index (χ1n) is 4.44. The Hall–Kier alpha value is -0.350. The predicted molar refractivity (Wildman–Crippen MR) is 61.9 cm³/mol. The Kier molecular flexibility index (Phi) is 6.13. The summed E-state index contributed by atoms with van der Waals surface area (Å²) >= 11 is 5.59. The topological polar surface area (TPSA) is 46.2 Å². The van der Waals surface area contributed by atoms with Crippen molar-refractivity contribution in [1.82, 2.24) is 0 Å². The molecule has 3 N–H and O–H groups in total. The first kappa shape index (κ1) is 14.6. The lowest BCUT2D eigenvalue weighted by atomic mass is 10.0. The summed E-state index contributed by atoms with van der Waals surface area (Å²) in [6, 6.07) is 3.56. The van der Waals surface area contributed by atoms with Crippen LogP contribution in [-0.4, -0.2) is 11.2 Å². The molecule has 86 valence electrons. The molecule has 1 rings (SSSR count). The van der Waals surface area contributed by atoms with Gasteiger partial charge in [0.2, 0.25) is 0 Å². The minimum Gasteiger partial charge on any atom is -0.391 e. The van der Waals surface area contributed by atoms with E-state index in [4.69, 9.17) is 17.3 Å². The fourth-order valence-electron chi connectivity index (χ4n) is 1.23. The van der Waals surface area contributed by atoms with Crippen molar-refractivity contribution in [3.8, 4) is 0 Å². The first-order chi connectivity index (χ1) is 6.56. The molecule has 5 heteroatoms. The molecule has 0 aliphatic heterocycles. The van der Waals surface area contributed by atoms with Gasteiger partial charge in [0.1, 0.15) is 5.82 Å². The minimum absolute atomic E-state index is 0. The SMILES string of the molecule is CC[C@H](O)[C@H](N)c1ccc(Cl)cc1F.Cl. The van der Waals surface area contributed by atoms with Crippen molar-refractivity contribution >= 4 is 24.0 Å². The third-order valence-electron chi connectivity index (χ3n) is 2.15. The highest BCUT2D eigenvalue weighted by atomic mass is 35.5. The lowest BCUT2D eigenvalue weighted by Gasteiger charge is -2.18. The quantitative estimate of drug-likeness (QED) is 0.871. The van der Waals surface area contributed by atoms with Gasteiger partial charge in [-0.05, 0) is 18.6 Å². The monoisotopic (exact) mass is 253 g/mol. The van der Waals surface area contributed by atoms with Crippen LogP contribution >= 0.6 is 24.0 Å². The van der Waals surface area contributed by atoms with Gasteiger partial charge in [-0.2, -0.15) is 0 Å². The van der Waals surface area contributed by atoms with Crippen LogP contribution < -0.4 is 5.73 Å². The van der Waals surface area contributed by atoms with E-state index in [1.807, 2.05) is 0 Å². The van der Waals surface area contributed by atoms with Crippen molar-refractivity contribution in [3.63, 3.8) is 0 Å². The molecule has 1 aromatic carbocycles. The Labute approximate surface area is 99.6 Å². The Balaban J connectivity index is 0.00000196. The Morgan fingerprint density at radius 3 is 2.60 bits per heavy atom. The summed E-state index contributed by atoms with van der Waals surface area (Å²) in [6.45, 7) is 1.79. The van der Waals surface area contributed by atoms with E-state index >= 15 is 0 Å². The van der Waals surface area contributed by atoms with Gasteiger partial charge in [0, 0.05) is 10.6 Å². The van der Waals surface area contributed by atoms with Crippen LogP contribution in [0.3, 0.4) is 0 Å². The van der Waals surface area contributed by atoms with E-state index in [0.29, 0.717) is 17.0 Å². The van der Waals surface area contributed by atoms with E-state index in [-0.39, 0.29) is 12.4 Å². The van der Waals surface area contributed by atoms with Gasteiger partial charge < -0.3 is 10.8 Å². The van der Waals surface area contributed by atoms with Gasteiger partial charge >= 0.3 is 0 Å². The Bertz CT molecular complexity index is 322. The number of rotatable bonds is 3. The second kappa shape index (κ2) is 6.28. The van der Waals surface area contributed by atoms with Crippen molar-refractivity contribution in [2.45, 2.75) is 25.5 Å². The molecule has 0 aliphatic rings. The summed E-state index contributed by atoms with van der Waals surface area (Å²) in [5, 5.41) is 9.77. The third-order valence-corrected chi connectivity index (χ3v) is 2.39. The molecule has 0 spiro atoms. The molecule has 1 aromatic rings. The molecule has 15 heavy (non-hydrogen) atoms. The molecular formula is C10H14Cl2FNO. The molecule has 0 fully saturated rings. The lowest BCUT2D eigenvalue weighted by molar-refractivity contribution is 0.139. The second-order valence-corrected chi connectivity index (χ2v) is 3.60. The maximum atomic E-state index is 13.3. The van der Waals surface area contributed by atoms with Crippen LogP contribution in [0.1, 0.15) is 24.9 Å². The Morgan fingerprint density at radius 2 is 2.13 bits per heavy atom. The van der Waals surface area contributed by atoms with Crippen LogP contribution in [0.25, 0.3) is 0 Å².